The molecule has 16 heavy (non-hydrogen) atoms. The first-order valence-corrected chi connectivity index (χ1v) is 5.75. The maximum Gasteiger partial charge on any atom is 0.0642 e. The number of benzene rings is 1. The largest absolute Gasteiger partial charge is 0.383 e. The molecule has 0 saturated carbocycles. The average Bonchev–Trinajstić information content (AvgIpc) is 2.26. The summed E-state index contributed by atoms with van der Waals surface area (Å²) in [6.45, 7) is 2.17. The van der Waals surface area contributed by atoms with Crippen LogP contribution in [-0.4, -0.2) is 33.9 Å². The van der Waals surface area contributed by atoms with E-state index in [0.29, 0.717) is 13.2 Å². The second-order valence-corrected chi connectivity index (χ2v) is 4.15. The van der Waals surface area contributed by atoms with Gasteiger partial charge in [-0.05, 0) is 30.7 Å². The van der Waals surface area contributed by atoms with Crippen molar-refractivity contribution in [2.45, 2.75) is 6.42 Å². The summed E-state index contributed by atoms with van der Waals surface area (Å²) in [4.78, 5) is 2.08. The van der Waals surface area contributed by atoms with Crippen LogP contribution in [0.5, 0.6) is 0 Å². The van der Waals surface area contributed by atoms with Gasteiger partial charge < -0.3 is 15.4 Å². The van der Waals surface area contributed by atoms with E-state index in [1.54, 1.807) is 7.11 Å². The molecule has 0 amide bonds. The third kappa shape index (κ3) is 3.67. The molecule has 0 radical (unpaired) electrons. The quantitative estimate of drug-likeness (QED) is 0.829. The summed E-state index contributed by atoms with van der Waals surface area (Å²) in [5, 5.41) is 0.768. The molecule has 0 aliphatic heterocycles. The van der Waals surface area contributed by atoms with Gasteiger partial charge in [-0.1, -0.05) is 17.7 Å². The molecule has 0 aliphatic rings. The summed E-state index contributed by atoms with van der Waals surface area (Å²) >= 11 is 6.22. The summed E-state index contributed by atoms with van der Waals surface area (Å²) in [5.74, 6) is 0. The SMILES string of the molecule is COCCN(C)c1ccc(CCN)cc1Cl. The fourth-order valence-electron chi connectivity index (χ4n) is 1.53. The van der Waals surface area contributed by atoms with E-state index in [4.69, 9.17) is 22.1 Å². The molecule has 1 aromatic carbocycles. The van der Waals surface area contributed by atoms with Crippen LogP contribution >= 0.6 is 11.6 Å². The summed E-state index contributed by atoms with van der Waals surface area (Å²) in [7, 11) is 3.70. The number of nitrogens with zero attached hydrogens (tertiary/aromatic N) is 1. The lowest BCUT2D eigenvalue weighted by Crippen LogP contribution is -2.22. The van der Waals surface area contributed by atoms with Crippen LogP contribution in [0.15, 0.2) is 18.2 Å². The number of likely N-dealkylation sites (N-methyl/N-ethyl adjacent to an activating group) is 1. The molecule has 0 spiro atoms. The number of rotatable bonds is 6. The lowest BCUT2D eigenvalue weighted by Gasteiger charge is -2.20. The Hall–Kier alpha value is -0.770. The topological polar surface area (TPSA) is 38.5 Å². The summed E-state index contributed by atoms with van der Waals surface area (Å²) < 4.78 is 5.03. The van der Waals surface area contributed by atoms with E-state index < -0.39 is 0 Å². The van der Waals surface area contributed by atoms with Crippen LogP contribution in [0.4, 0.5) is 5.69 Å². The Balaban J connectivity index is 2.73. The Labute approximate surface area is 102 Å². The van der Waals surface area contributed by atoms with Crippen molar-refractivity contribution in [2.24, 2.45) is 5.73 Å². The fraction of sp³-hybridized carbons (Fsp3) is 0.500. The van der Waals surface area contributed by atoms with Crippen molar-refractivity contribution in [3.05, 3.63) is 28.8 Å². The minimum absolute atomic E-state index is 0.648. The monoisotopic (exact) mass is 242 g/mol. The van der Waals surface area contributed by atoms with Gasteiger partial charge >= 0.3 is 0 Å². The van der Waals surface area contributed by atoms with Gasteiger partial charge in [-0.15, -0.1) is 0 Å². The molecule has 2 N–H and O–H groups in total. The van der Waals surface area contributed by atoms with Crippen molar-refractivity contribution >= 4 is 17.3 Å². The van der Waals surface area contributed by atoms with E-state index in [0.717, 1.165) is 23.7 Å². The molecule has 0 saturated heterocycles. The van der Waals surface area contributed by atoms with Crippen molar-refractivity contribution in [3.8, 4) is 0 Å². The van der Waals surface area contributed by atoms with Gasteiger partial charge in [0.25, 0.3) is 0 Å². The average molecular weight is 243 g/mol. The second-order valence-electron chi connectivity index (χ2n) is 3.74. The zero-order chi connectivity index (χ0) is 12.0. The number of ether oxygens (including phenoxy) is 1. The highest BCUT2D eigenvalue weighted by atomic mass is 35.5. The first-order chi connectivity index (χ1) is 7.69. The van der Waals surface area contributed by atoms with Gasteiger partial charge in [-0.25, -0.2) is 0 Å². The molecular weight excluding hydrogens is 224 g/mol. The van der Waals surface area contributed by atoms with Gasteiger partial charge in [0.05, 0.1) is 17.3 Å². The molecule has 0 unspecified atom stereocenters. The van der Waals surface area contributed by atoms with Crippen LogP contribution < -0.4 is 10.6 Å². The Morgan fingerprint density at radius 2 is 2.19 bits per heavy atom. The standard InChI is InChI=1S/C12H19ClN2O/c1-15(7-8-16-2)12-4-3-10(5-6-14)9-11(12)13/h3-4,9H,5-8,14H2,1-2H3. The van der Waals surface area contributed by atoms with Crippen LogP contribution in [0.3, 0.4) is 0 Å². The van der Waals surface area contributed by atoms with E-state index in [1.165, 1.54) is 5.56 Å². The predicted molar refractivity (Wildman–Crippen MR) is 69.4 cm³/mol. The van der Waals surface area contributed by atoms with Crippen molar-refractivity contribution in [3.63, 3.8) is 0 Å². The van der Waals surface area contributed by atoms with Crippen LogP contribution in [0.1, 0.15) is 5.56 Å². The van der Waals surface area contributed by atoms with Gasteiger partial charge in [0, 0.05) is 20.7 Å². The molecule has 1 rings (SSSR count). The molecule has 4 heteroatoms. The smallest absolute Gasteiger partial charge is 0.0642 e. The molecule has 0 atom stereocenters. The number of nitrogens with two attached hydrogens (primary N) is 1. The van der Waals surface area contributed by atoms with Gasteiger partial charge in [-0.3, -0.25) is 0 Å². The first-order valence-electron chi connectivity index (χ1n) is 5.37. The minimum atomic E-state index is 0.648. The number of halogens is 1. The van der Waals surface area contributed by atoms with Gasteiger partial charge in [0.15, 0.2) is 0 Å². The lowest BCUT2D eigenvalue weighted by molar-refractivity contribution is 0.206. The molecule has 90 valence electrons. The zero-order valence-corrected chi connectivity index (χ0v) is 10.6. The summed E-state index contributed by atoms with van der Waals surface area (Å²) in [5.41, 5.74) is 7.71. The predicted octanol–water partition coefficient (Wildman–Crippen LogP) is 1.92. The van der Waals surface area contributed by atoms with Crippen LogP contribution in [0.25, 0.3) is 0 Å². The van der Waals surface area contributed by atoms with E-state index in [9.17, 15) is 0 Å². The maximum atomic E-state index is 6.22. The molecule has 0 heterocycles. The van der Waals surface area contributed by atoms with Crippen molar-refractivity contribution in [2.75, 3.05) is 38.8 Å². The summed E-state index contributed by atoms with van der Waals surface area (Å²) in [6.07, 6.45) is 0.863. The van der Waals surface area contributed by atoms with E-state index in [-0.39, 0.29) is 0 Å². The molecule has 1 aromatic rings. The number of anilines is 1. The number of hydrogen-bond donors (Lipinski definition) is 1. The van der Waals surface area contributed by atoms with Crippen LogP contribution in [0, 0.1) is 0 Å². The van der Waals surface area contributed by atoms with Crippen LogP contribution in [0.2, 0.25) is 5.02 Å². The first kappa shape index (κ1) is 13.3. The minimum Gasteiger partial charge on any atom is -0.383 e. The summed E-state index contributed by atoms with van der Waals surface area (Å²) in [6, 6.07) is 6.08. The zero-order valence-electron chi connectivity index (χ0n) is 9.87. The molecule has 3 nitrogen and oxygen atoms in total. The Bertz CT molecular complexity index is 331. The van der Waals surface area contributed by atoms with E-state index in [2.05, 4.69) is 11.0 Å². The second kappa shape index (κ2) is 6.74. The van der Waals surface area contributed by atoms with Gasteiger partial charge in [0.2, 0.25) is 0 Å². The van der Waals surface area contributed by atoms with Crippen molar-refractivity contribution in [1.82, 2.24) is 0 Å². The maximum absolute atomic E-state index is 6.22. The van der Waals surface area contributed by atoms with Gasteiger partial charge in [0.1, 0.15) is 0 Å². The third-order valence-electron chi connectivity index (χ3n) is 2.49. The van der Waals surface area contributed by atoms with Crippen molar-refractivity contribution < 1.29 is 4.74 Å². The van der Waals surface area contributed by atoms with E-state index in [1.807, 2.05) is 19.2 Å². The number of methoxy groups -OCH3 is 1. The highest BCUT2D eigenvalue weighted by Gasteiger charge is 2.06. The molecular formula is C12H19ClN2O. The molecule has 0 bridgehead atoms. The van der Waals surface area contributed by atoms with Crippen molar-refractivity contribution in [1.29, 1.82) is 0 Å². The Morgan fingerprint density at radius 1 is 1.44 bits per heavy atom. The molecule has 0 aliphatic carbocycles. The number of hydrogen-bond acceptors (Lipinski definition) is 3. The van der Waals surface area contributed by atoms with Gasteiger partial charge in [-0.2, -0.15) is 0 Å². The molecule has 0 aromatic heterocycles. The lowest BCUT2D eigenvalue weighted by atomic mass is 10.1. The van der Waals surface area contributed by atoms with E-state index >= 15 is 0 Å². The Morgan fingerprint density at radius 3 is 2.75 bits per heavy atom. The van der Waals surface area contributed by atoms with Crippen LogP contribution in [-0.2, 0) is 11.2 Å². The Kier molecular flexibility index (Phi) is 5.60. The highest BCUT2D eigenvalue weighted by Crippen LogP contribution is 2.26. The highest BCUT2D eigenvalue weighted by molar-refractivity contribution is 6.33. The fourth-order valence-corrected chi connectivity index (χ4v) is 1.88. The third-order valence-corrected chi connectivity index (χ3v) is 2.79. The molecule has 0 fully saturated rings. The normalized spacial score (nSPS) is 10.5.